The fourth-order valence-electron chi connectivity index (χ4n) is 1.25. The summed E-state index contributed by atoms with van der Waals surface area (Å²) < 4.78 is 19.3. The molecule has 2 rings (SSSR count). The van der Waals surface area contributed by atoms with Gasteiger partial charge in [0.05, 0.1) is 11.5 Å². The highest BCUT2D eigenvalue weighted by molar-refractivity contribution is 9.10. The van der Waals surface area contributed by atoms with Crippen molar-refractivity contribution in [2.75, 3.05) is 6.61 Å². The third-order valence-corrected chi connectivity index (χ3v) is 2.98. The molecule has 0 N–H and O–H groups in total. The predicted octanol–water partition coefficient (Wildman–Crippen LogP) is 3.27. The molecule has 1 fully saturated rings. The lowest BCUT2D eigenvalue weighted by Gasteiger charge is -2.09. The van der Waals surface area contributed by atoms with Gasteiger partial charge in [0.2, 0.25) is 0 Å². The molecule has 0 aromatic heterocycles. The molecule has 0 radical (unpaired) electrons. The Hall–Kier alpha value is -1.08. The van der Waals surface area contributed by atoms with Crippen molar-refractivity contribution in [3.8, 4) is 11.8 Å². The average molecular weight is 270 g/mol. The van der Waals surface area contributed by atoms with Gasteiger partial charge in [-0.25, -0.2) is 4.39 Å². The highest BCUT2D eigenvalue weighted by Gasteiger charge is 2.44. The number of benzene rings is 1. The fourth-order valence-corrected chi connectivity index (χ4v) is 1.58. The van der Waals surface area contributed by atoms with Crippen LogP contribution in [0, 0.1) is 22.6 Å². The van der Waals surface area contributed by atoms with Crippen molar-refractivity contribution in [3.05, 3.63) is 28.5 Å². The lowest BCUT2D eigenvalue weighted by Crippen LogP contribution is -2.11. The van der Waals surface area contributed by atoms with Gasteiger partial charge in [0.25, 0.3) is 0 Å². The monoisotopic (exact) mass is 269 g/mol. The van der Waals surface area contributed by atoms with E-state index in [4.69, 9.17) is 10.00 Å². The maximum atomic E-state index is 13.3. The Morgan fingerprint density at radius 1 is 1.53 bits per heavy atom. The van der Waals surface area contributed by atoms with Gasteiger partial charge in [0, 0.05) is 4.47 Å². The van der Waals surface area contributed by atoms with E-state index in [2.05, 4.69) is 22.0 Å². The SMILES string of the molecule is N#CC1(COc2ccc(Br)cc2F)CC1. The van der Waals surface area contributed by atoms with Crippen molar-refractivity contribution in [3.63, 3.8) is 0 Å². The second kappa shape index (κ2) is 3.82. The van der Waals surface area contributed by atoms with Gasteiger partial charge in [-0.1, -0.05) is 15.9 Å². The van der Waals surface area contributed by atoms with Crippen molar-refractivity contribution in [1.82, 2.24) is 0 Å². The summed E-state index contributed by atoms with van der Waals surface area (Å²) in [4.78, 5) is 0. The third-order valence-electron chi connectivity index (χ3n) is 2.49. The van der Waals surface area contributed by atoms with Crippen LogP contribution < -0.4 is 4.74 Å². The predicted molar refractivity (Wildman–Crippen MR) is 56.9 cm³/mol. The van der Waals surface area contributed by atoms with Gasteiger partial charge in [-0.05, 0) is 31.0 Å². The summed E-state index contributed by atoms with van der Waals surface area (Å²) in [5.41, 5.74) is -0.362. The number of hydrogen-bond acceptors (Lipinski definition) is 2. The normalized spacial score (nSPS) is 16.9. The molecule has 0 amide bonds. The molecule has 15 heavy (non-hydrogen) atoms. The highest BCUT2D eigenvalue weighted by Crippen LogP contribution is 2.45. The molecule has 1 aromatic carbocycles. The molecule has 0 saturated heterocycles. The summed E-state index contributed by atoms with van der Waals surface area (Å²) in [5, 5.41) is 8.82. The number of halogens is 2. The molecule has 1 aliphatic carbocycles. The largest absolute Gasteiger partial charge is 0.489 e. The van der Waals surface area contributed by atoms with Crippen molar-refractivity contribution in [2.45, 2.75) is 12.8 Å². The van der Waals surface area contributed by atoms with Crippen molar-refractivity contribution >= 4 is 15.9 Å². The summed E-state index contributed by atoms with van der Waals surface area (Å²) in [5.74, 6) is -0.196. The highest BCUT2D eigenvalue weighted by atomic mass is 79.9. The van der Waals surface area contributed by atoms with E-state index in [0.29, 0.717) is 4.47 Å². The summed E-state index contributed by atoms with van der Waals surface area (Å²) in [6, 6.07) is 6.82. The lowest BCUT2D eigenvalue weighted by molar-refractivity contribution is 0.257. The first-order valence-corrected chi connectivity index (χ1v) is 5.44. The molecule has 1 saturated carbocycles. The molecule has 0 unspecified atom stereocenters. The third kappa shape index (κ3) is 2.29. The van der Waals surface area contributed by atoms with Crippen LogP contribution in [0.25, 0.3) is 0 Å². The smallest absolute Gasteiger partial charge is 0.166 e. The van der Waals surface area contributed by atoms with Gasteiger partial charge < -0.3 is 4.74 Å². The zero-order valence-corrected chi connectivity index (χ0v) is 9.55. The van der Waals surface area contributed by atoms with Crippen molar-refractivity contribution < 1.29 is 9.13 Å². The zero-order chi connectivity index (χ0) is 10.9. The Bertz CT molecular complexity index is 423. The topological polar surface area (TPSA) is 33.0 Å². The average Bonchev–Trinajstić information content (AvgIpc) is 2.97. The van der Waals surface area contributed by atoms with Crippen LogP contribution >= 0.6 is 15.9 Å². The maximum absolute atomic E-state index is 13.3. The second-order valence-corrected chi connectivity index (χ2v) is 4.67. The summed E-state index contributed by atoms with van der Waals surface area (Å²) in [7, 11) is 0. The summed E-state index contributed by atoms with van der Waals surface area (Å²) >= 11 is 3.16. The lowest BCUT2D eigenvalue weighted by atomic mass is 10.1. The number of ether oxygens (including phenoxy) is 1. The van der Waals surface area contributed by atoms with Crippen LogP contribution in [0.4, 0.5) is 4.39 Å². The standard InChI is InChI=1S/C11H9BrFNO/c12-8-1-2-10(9(13)5-8)15-7-11(6-14)3-4-11/h1-2,5H,3-4,7H2. The van der Waals surface area contributed by atoms with Crippen LogP contribution in [0.5, 0.6) is 5.75 Å². The molecular weight excluding hydrogens is 261 g/mol. The fraction of sp³-hybridized carbons (Fsp3) is 0.364. The molecule has 0 atom stereocenters. The minimum absolute atomic E-state index is 0.208. The van der Waals surface area contributed by atoms with Crippen LogP contribution in [0.3, 0.4) is 0 Å². The van der Waals surface area contributed by atoms with E-state index < -0.39 is 5.82 Å². The molecule has 1 aliphatic rings. The van der Waals surface area contributed by atoms with E-state index >= 15 is 0 Å². The van der Waals surface area contributed by atoms with E-state index in [1.807, 2.05) is 0 Å². The molecule has 4 heteroatoms. The molecule has 1 aromatic rings. The molecule has 0 heterocycles. The quantitative estimate of drug-likeness (QED) is 0.844. The first-order chi connectivity index (χ1) is 7.15. The Labute approximate surface area is 95.8 Å². The minimum atomic E-state index is -0.405. The molecule has 0 aliphatic heterocycles. The van der Waals surface area contributed by atoms with Gasteiger partial charge in [-0.2, -0.15) is 5.26 Å². The van der Waals surface area contributed by atoms with Crippen LogP contribution in [0.1, 0.15) is 12.8 Å². The molecular formula is C11H9BrFNO. The van der Waals surface area contributed by atoms with Crippen LogP contribution in [-0.4, -0.2) is 6.61 Å². The molecule has 0 spiro atoms. The van der Waals surface area contributed by atoms with E-state index in [1.54, 1.807) is 12.1 Å². The molecule has 0 bridgehead atoms. The summed E-state index contributed by atoms with van der Waals surface area (Å²) in [6.45, 7) is 0.280. The van der Waals surface area contributed by atoms with Crippen LogP contribution in [-0.2, 0) is 0 Å². The van der Waals surface area contributed by atoms with E-state index in [-0.39, 0.29) is 17.8 Å². The Morgan fingerprint density at radius 2 is 2.27 bits per heavy atom. The Balaban J connectivity index is 2.03. The first-order valence-electron chi connectivity index (χ1n) is 4.64. The molecule has 78 valence electrons. The Morgan fingerprint density at radius 3 is 2.80 bits per heavy atom. The number of nitriles is 1. The number of rotatable bonds is 3. The van der Waals surface area contributed by atoms with Crippen LogP contribution in [0.2, 0.25) is 0 Å². The van der Waals surface area contributed by atoms with Gasteiger partial charge in [0.1, 0.15) is 6.61 Å². The minimum Gasteiger partial charge on any atom is -0.489 e. The van der Waals surface area contributed by atoms with Gasteiger partial charge in [0.15, 0.2) is 11.6 Å². The Kier molecular flexibility index (Phi) is 2.66. The van der Waals surface area contributed by atoms with Crippen molar-refractivity contribution in [2.24, 2.45) is 5.41 Å². The number of nitrogens with zero attached hydrogens (tertiary/aromatic N) is 1. The van der Waals surface area contributed by atoms with Crippen molar-refractivity contribution in [1.29, 1.82) is 5.26 Å². The van der Waals surface area contributed by atoms with E-state index in [9.17, 15) is 4.39 Å². The van der Waals surface area contributed by atoms with Crippen LogP contribution in [0.15, 0.2) is 22.7 Å². The van der Waals surface area contributed by atoms with Gasteiger partial charge >= 0.3 is 0 Å². The summed E-state index contributed by atoms with van der Waals surface area (Å²) in [6.07, 6.45) is 1.70. The van der Waals surface area contributed by atoms with E-state index in [0.717, 1.165) is 12.8 Å². The molecule has 2 nitrogen and oxygen atoms in total. The first kappa shape index (κ1) is 10.4. The zero-order valence-electron chi connectivity index (χ0n) is 7.96. The van der Waals surface area contributed by atoms with Gasteiger partial charge in [-0.15, -0.1) is 0 Å². The second-order valence-electron chi connectivity index (χ2n) is 3.76. The van der Waals surface area contributed by atoms with Gasteiger partial charge in [-0.3, -0.25) is 0 Å². The number of hydrogen-bond donors (Lipinski definition) is 0. The van der Waals surface area contributed by atoms with E-state index in [1.165, 1.54) is 6.07 Å². The maximum Gasteiger partial charge on any atom is 0.166 e.